The topological polar surface area (TPSA) is 18.5 Å². The average Bonchev–Trinajstić information content (AvgIpc) is 2.67. The molecule has 26 heavy (non-hydrogen) atoms. The Kier molecular flexibility index (Phi) is 7.22. The van der Waals surface area contributed by atoms with Crippen LogP contribution in [-0.2, 0) is 0 Å². The van der Waals surface area contributed by atoms with Crippen LogP contribution in [0.25, 0.3) is 0 Å². The van der Waals surface area contributed by atoms with Gasteiger partial charge in [-0.3, -0.25) is 0 Å². The molecule has 0 bridgehead atoms. The number of rotatable bonds is 8. The van der Waals surface area contributed by atoms with E-state index in [4.69, 9.17) is 9.47 Å². The normalized spacial score (nSPS) is 10.5. The minimum absolute atomic E-state index is 0.240. The number of hydrogen-bond donors (Lipinski definition) is 0. The van der Waals surface area contributed by atoms with Gasteiger partial charge in [0.1, 0.15) is 0 Å². The third-order valence-corrected chi connectivity index (χ3v) is 8.68. The predicted octanol–water partition coefficient (Wildman–Crippen LogP) is 1.79. The molecule has 0 aliphatic carbocycles. The Morgan fingerprint density at radius 2 is 1.00 bits per heavy atom. The molecule has 0 atom stereocenters. The molecule has 134 valence electrons. The summed E-state index contributed by atoms with van der Waals surface area (Å²) in [5.41, 5.74) is 0. The van der Waals surface area contributed by atoms with Gasteiger partial charge in [-0.2, -0.15) is 0 Å². The third kappa shape index (κ3) is 5.15. The van der Waals surface area contributed by atoms with Crippen molar-refractivity contribution in [3.8, 4) is 11.5 Å². The third-order valence-electron chi connectivity index (χ3n) is 3.55. The minimum atomic E-state index is 0.240. The molecule has 3 aromatic rings. The van der Waals surface area contributed by atoms with Gasteiger partial charge >= 0.3 is 169 Å². The Bertz CT molecular complexity index is 750. The molecule has 0 spiro atoms. The number of ether oxygens (including phenoxy) is 2. The van der Waals surface area contributed by atoms with E-state index in [1.165, 1.54) is 17.8 Å². The van der Waals surface area contributed by atoms with E-state index in [1.807, 2.05) is 13.8 Å². The Morgan fingerprint density at radius 1 is 0.615 bits per heavy atom. The molecule has 0 aliphatic heterocycles. The summed E-state index contributed by atoms with van der Waals surface area (Å²) in [6, 6.07) is 25.8. The van der Waals surface area contributed by atoms with Crippen molar-refractivity contribution < 1.29 is 9.47 Å². The van der Waals surface area contributed by atoms with Crippen molar-refractivity contribution >= 4 is 47.8 Å². The van der Waals surface area contributed by atoms with Crippen LogP contribution in [0.1, 0.15) is 13.8 Å². The van der Waals surface area contributed by atoms with Crippen molar-refractivity contribution in [3.63, 3.8) is 0 Å². The van der Waals surface area contributed by atoms with Gasteiger partial charge in [0.2, 0.25) is 0 Å². The van der Waals surface area contributed by atoms with Gasteiger partial charge < -0.3 is 0 Å². The van der Waals surface area contributed by atoms with E-state index >= 15 is 0 Å². The first kappa shape index (κ1) is 19.1. The van der Waals surface area contributed by atoms with E-state index < -0.39 is 0 Å². The van der Waals surface area contributed by atoms with Gasteiger partial charge in [0.15, 0.2) is 0 Å². The summed E-state index contributed by atoms with van der Waals surface area (Å²) >= 11 is 0.480. The Labute approximate surface area is 168 Å². The Morgan fingerprint density at radius 3 is 1.35 bits per heavy atom. The first-order valence-electron chi connectivity index (χ1n) is 8.69. The van der Waals surface area contributed by atoms with E-state index in [2.05, 4.69) is 72.8 Å². The fourth-order valence-electron chi connectivity index (χ4n) is 2.45. The van der Waals surface area contributed by atoms with Gasteiger partial charge in [-0.05, 0) is 0 Å². The monoisotopic (exact) mass is 478 g/mol. The molecule has 0 fully saturated rings. The van der Waals surface area contributed by atoms with E-state index in [-0.39, 0.29) is 29.9 Å². The molecular formula is C22H22O2Se2. The second kappa shape index (κ2) is 9.85. The SMILES string of the molecule is CCOc1cc([Se]c2ccccc2)c([Se]c2ccccc2)cc1OCC. The molecule has 0 aromatic heterocycles. The van der Waals surface area contributed by atoms with Crippen LogP contribution in [0.5, 0.6) is 11.5 Å². The van der Waals surface area contributed by atoms with Gasteiger partial charge in [-0.1, -0.05) is 0 Å². The molecule has 0 N–H and O–H groups in total. The van der Waals surface area contributed by atoms with Crippen LogP contribution >= 0.6 is 0 Å². The maximum atomic E-state index is 5.87. The zero-order valence-electron chi connectivity index (χ0n) is 15.0. The van der Waals surface area contributed by atoms with Crippen LogP contribution in [0.4, 0.5) is 0 Å². The van der Waals surface area contributed by atoms with Crippen LogP contribution in [0.2, 0.25) is 0 Å². The molecule has 0 aliphatic rings. The summed E-state index contributed by atoms with van der Waals surface area (Å²) in [6.07, 6.45) is 0. The van der Waals surface area contributed by atoms with Crippen LogP contribution < -0.4 is 27.3 Å². The van der Waals surface area contributed by atoms with Gasteiger partial charge in [0, 0.05) is 0 Å². The summed E-state index contributed by atoms with van der Waals surface area (Å²) in [4.78, 5) is 0. The van der Waals surface area contributed by atoms with E-state index in [1.54, 1.807) is 0 Å². The number of hydrogen-bond acceptors (Lipinski definition) is 2. The standard InChI is InChI=1S/C22H22O2Se2/c1-3-23-19-15-21(25-17-11-7-5-8-12-17)22(16-20(19)24-4-2)26-18-13-9-6-10-14-18/h5-16H,3-4H2,1-2H3. The zero-order chi connectivity index (χ0) is 18.2. The summed E-state index contributed by atoms with van der Waals surface area (Å²) in [7, 11) is 0. The maximum absolute atomic E-state index is 5.87. The number of benzene rings is 3. The van der Waals surface area contributed by atoms with Gasteiger partial charge in [0.25, 0.3) is 0 Å². The van der Waals surface area contributed by atoms with Gasteiger partial charge in [-0.25, -0.2) is 0 Å². The fraction of sp³-hybridized carbons (Fsp3) is 0.182. The molecule has 4 heteroatoms. The van der Waals surface area contributed by atoms with Crippen LogP contribution in [0.3, 0.4) is 0 Å². The molecule has 3 rings (SSSR count). The van der Waals surface area contributed by atoms with Crippen molar-refractivity contribution in [1.82, 2.24) is 0 Å². The fourth-order valence-corrected chi connectivity index (χ4v) is 7.02. The van der Waals surface area contributed by atoms with Crippen molar-refractivity contribution in [2.75, 3.05) is 13.2 Å². The molecule has 0 saturated carbocycles. The van der Waals surface area contributed by atoms with Crippen molar-refractivity contribution in [2.24, 2.45) is 0 Å². The molecule has 0 radical (unpaired) electrons. The van der Waals surface area contributed by atoms with Crippen LogP contribution in [0, 0.1) is 0 Å². The van der Waals surface area contributed by atoms with Crippen molar-refractivity contribution in [2.45, 2.75) is 13.8 Å². The summed E-state index contributed by atoms with van der Waals surface area (Å²) in [5.74, 6) is 1.71. The molecule has 2 nitrogen and oxygen atoms in total. The van der Waals surface area contributed by atoms with Crippen molar-refractivity contribution in [3.05, 3.63) is 72.8 Å². The molecule has 0 amide bonds. The molecule has 0 unspecified atom stereocenters. The van der Waals surface area contributed by atoms with Gasteiger partial charge in [0.05, 0.1) is 0 Å². The van der Waals surface area contributed by atoms with Crippen LogP contribution in [-0.4, -0.2) is 43.1 Å². The molecule has 3 aromatic carbocycles. The first-order chi connectivity index (χ1) is 12.8. The predicted molar refractivity (Wildman–Crippen MR) is 112 cm³/mol. The Hall–Kier alpha value is -1.70. The molecular weight excluding hydrogens is 454 g/mol. The van der Waals surface area contributed by atoms with Crippen molar-refractivity contribution in [1.29, 1.82) is 0 Å². The Balaban J connectivity index is 2.00. The zero-order valence-corrected chi connectivity index (χ0v) is 18.4. The summed E-state index contributed by atoms with van der Waals surface area (Å²) in [5, 5.41) is 0. The first-order valence-corrected chi connectivity index (χ1v) is 12.1. The summed E-state index contributed by atoms with van der Waals surface area (Å²) in [6.45, 7) is 5.31. The van der Waals surface area contributed by atoms with Gasteiger partial charge in [-0.15, -0.1) is 0 Å². The van der Waals surface area contributed by atoms with E-state index in [9.17, 15) is 0 Å². The molecule has 0 saturated heterocycles. The van der Waals surface area contributed by atoms with E-state index in [0.717, 1.165) is 11.5 Å². The average molecular weight is 476 g/mol. The second-order valence-corrected chi connectivity index (χ2v) is 10.1. The second-order valence-electron chi connectivity index (χ2n) is 5.44. The summed E-state index contributed by atoms with van der Waals surface area (Å²) < 4.78 is 17.2. The van der Waals surface area contributed by atoms with E-state index in [0.29, 0.717) is 13.2 Å². The quantitative estimate of drug-likeness (QED) is 0.462. The van der Waals surface area contributed by atoms with Crippen LogP contribution in [0.15, 0.2) is 72.8 Å². The molecule has 0 heterocycles.